The highest BCUT2D eigenvalue weighted by Gasteiger charge is 2.17. The SMILES string of the molecule is Cc1ccccc1CNCC1CCC(C)CC1. The molecule has 1 saturated carbocycles. The fourth-order valence-electron chi connectivity index (χ4n) is 2.75. The standard InChI is InChI=1S/C16H25N/c1-13-7-9-15(10-8-13)11-17-12-16-6-4-3-5-14(16)2/h3-6,13,15,17H,7-12H2,1-2H3. The van der Waals surface area contributed by atoms with E-state index in [4.69, 9.17) is 0 Å². The molecule has 0 heterocycles. The van der Waals surface area contributed by atoms with E-state index in [0.29, 0.717) is 0 Å². The molecular formula is C16H25N. The first-order valence-corrected chi connectivity index (χ1v) is 7.01. The maximum Gasteiger partial charge on any atom is 0.0208 e. The first-order chi connectivity index (χ1) is 8.25. The van der Waals surface area contributed by atoms with E-state index < -0.39 is 0 Å². The smallest absolute Gasteiger partial charge is 0.0208 e. The minimum atomic E-state index is 0.912. The van der Waals surface area contributed by atoms with Crippen LogP contribution in [0.25, 0.3) is 0 Å². The highest BCUT2D eigenvalue weighted by atomic mass is 14.9. The summed E-state index contributed by atoms with van der Waals surface area (Å²) >= 11 is 0. The molecular weight excluding hydrogens is 206 g/mol. The minimum Gasteiger partial charge on any atom is -0.312 e. The highest BCUT2D eigenvalue weighted by molar-refractivity contribution is 5.25. The first-order valence-electron chi connectivity index (χ1n) is 7.01. The molecule has 1 N–H and O–H groups in total. The fourth-order valence-corrected chi connectivity index (χ4v) is 2.75. The van der Waals surface area contributed by atoms with Crippen LogP contribution < -0.4 is 5.32 Å². The van der Waals surface area contributed by atoms with Crippen LogP contribution in [0.2, 0.25) is 0 Å². The summed E-state index contributed by atoms with van der Waals surface area (Å²) in [6.45, 7) is 6.80. The second-order valence-corrected chi connectivity index (χ2v) is 5.68. The van der Waals surface area contributed by atoms with Gasteiger partial charge in [-0.15, -0.1) is 0 Å². The normalized spacial score (nSPS) is 24.8. The zero-order valence-corrected chi connectivity index (χ0v) is 11.2. The van der Waals surface area contributed by atoms with Gasteiger partial charge in [-0.05, 0) is 49.3 Å². The molecule has 94 valence electrons. The molecule has 0 spiro atoms. The molecule has 0 amide bonds. The summed E-state index contributed by atoms with van der Waals surface area (Å²) < 4.78 is 0. The number of rotatable bonds is 4. The molecule has 1 aromatic rings. The van der Waals surface area contributed by atoms with Crippen LogP contribution in [0.3, 0.4) is 0 Å². The molecule has 2 rings (SSSR count). The molecule has 0 aromatic heterocycles. The minimum absolute atomic E-state index is 0.912. The predicted octanol–water partition coefficient (Wildman–Crippen LogP) is 3.91. The van der Waals surface area contributed by atoms with Crippen LogP contribution in [0.5, 0.6) is 0 Å². The summed E-state index contributed by atoms with van der Waals surface area (Å²) in [4.78, 5) is 0. The lowest BCUT2D eigenvalue weighted by Crippen LogP contribution is -2.25. The Hall–Kier alpha value is -0.820. The van der Waals surface area contributed by atoms with Crippen LogP contribution in [0.1, 0.15) is 43.7 Å². The lowest BCUT2D eigenvalue weighted by atomic mass is 9.83. The average Bonchev–Trinajstić information content (AvgIpc) is 2.34. The monoisotopic (exact) mass is 231 g/mol. The molecule has 0 unspecified atom stereocenters. The Labute approximate surface area is 106 Å². The largest absolute Gasteiger partial charge is 0.312 e. The van der Waals surface area contributed by atoms with Crippen molar-refractivity contribution >= 4 is 0 Å². The van der Waals surface area contributed by atoms with Crippen LogP contribution in [0.15, 0.2) is 24.3 Å². The zero-order valence-electron chi connectivity index (χ0n) is 11.2. The lowest BCUT2D eigenvalue weighted by molar-refractivity contribution is 0.281. The number of hydrogen-bond acceptors (Lipinski definition) is 1. The van der Waals surface area contributed by atoms with Crippen molar-refractivity contribution in [1.29, 1.82) is 0 Å². The van der Waals surface area contributed by atoms with Gasteiger partial charge in [-0.3, -0.25) is 0 Å². The van der Waals surface area contributed by atoms with Crippen molar-refractivity contribution < 1.29 is 0 Å². The van der Waals surface area contributed by atoms with Gasteiger partial charge in [-0.2, -0.15) is 0 Å². The average molecular weight is 231 g/mol. The van der Waals surface area contributed by atoms with Gasteiger partial charge >= 0.3 is 0 Å². The molecule has 0 radical (unpaired) electrons. The van der Waals surface area contributed by atoms with Gasteiger partial charge in [0, 0.05) is 6.54 Å². The van der Waals surface area contributed by atoms with Crippen molar-refractivity contribution in [2.75, 3.05) is 6.54 Å². The van der Waals surface area contributed by atoms with Crippen molar-refractivity contribution in [2.45, 2.75) is 46.1 Å². The molecule has 0 bridgehead atoms. The van der Waals surface area contributed by atoms with Crippen molar-refractivity contribution in [3.63, 3.8) is 0 Å². The number of benzene rings is 1. The van der Waals surface area contributed by atoms with Gasteiger partial charge in [0.25, 0.3) is 0 Å². The number of nitrogens with one attached hydrogen (secondary N) is 1. The second kappa shape index (κ2) is 6.20. The van der Waals surface area contributed by atoms with Crippen LogP contribution in [0.4, 0.5) is 0 Å². The summed E-state index contributed by atoms with van der Waals surface area (Å²) in [7, 11) is 0. The van der Waals surface area contributed by atoms with Crippen molar-refractivity contribution in [1.82, 2.24) is 5.32 Å². The third kappa shape index (κ3) is 3.85. The molecule has 1 aliphatic rings. The third-order valence-electron chi connectivity index (χ3n) is 4.15. The van der Waals surface area contributed by atoms with Crippen LogP contribution in [-0.2, 0) is 6.54 Å². The van der Waals surface area contributed by atoms with Gasteiger partial charge in [-0.25, -0.2) is 0 Å². The quantitative estimate of drug-likeness (QED) is 0.828. The van der Waals surface area contributed by atoms with E-state index in [1.54, 1.807) is 0 Å². The molecule has 1 heteroatoms. The Morgan fingerprint density at radius 1 is 1.12 bits per heavy atom. The topological polar surface area (TPSA) is 12.0 Å². The lowest BCUT2D eigenvalue weighted by Gasteiger charge is -2.26. The van der Waals surface area contributed by atoms with Crippen molar-refractivity contribution in [3.05, 3.63) is 35.4 Å². The van der Waals surface area contributed by atoms with Gasteiger partial charge in [0.2, 0.25) is 0 Å². The fraction of sp³-hybridized carbons (Fsp3) is 0.625. The summed E-state index contributed by atoms with van der Waals surface area (Å²) in [5, 5.41) is 3.63. The van der Waals surface area contributed by atoms with E-state index in [2.05, 4.69) is 43.4 Å². The maximum absolute atomic E-state index is 3.63. The zero-order chi connectivity index (χ0) is 12.1. The molecule has 1 aliphatic carbocycles. The number of aryl methyl sites for hydroxylation is 1. The van der Waals surface area contributed by atoms with Crippen molar-refractivity contribution in [2.24, 2.45) is 11.8 Å². The maximum atomic E-state index is 3.63. The van der Waals surface area contributed by atoms with E-state index in [1.165, 1.54) is 43.4 Å². The Bertz CT molecular complexity index is 337. The highest BCUT2D eigenvalue weighted by Crippen LogP contribution is 2.27. The summed E-state index contributed by atoms with van der Waals surface area (Å²) in [5.41, 5.74) is 2.84. The Kier molecular flexibility index (Phi) is 4.61. The Morgan fingerprint density at radius 2 is 1.82 bits per heavy atom. The van der Waals surface area contributed by atoms with E-state index in [9.17, 15) is 0 Å². The molecule has 0 atom stereocenters. The van der Waals surface area contributed by atoms with E-state index in [-0.39, 0.29) is 0 Å². The molecule has 1 fully saturated rings. The van der Waals surface area contributed by atoms with Crippen LogP contribution in [-0.4, -0.2) is 6.54 Å². The van der Waals surface area contributed by atoms with Crippen LogP contribution >= 0.6 is 0 Å². The second-order valence-electron chi connectivity index (χ2n) is 5.68. The molecule has 17 heavy (non-hydrogen) atoms. The summed E-state index contributed by atoms with van der Waals surface area (Å²) in [6.07, 6.45) is 5.69. The first kappa shape index (κ1) is 12.6. The summed E-state index contributed by atoms with van der Waals surface area (Å²) in [5.74, 6) is 1.87. The predicted molar refractivity (Wildman–Crippen MR) is 74.0 cm³/mol. The van der Waals surface area contributed by atoms with E-state index >= 15 is 0 Å². The molecule has 1 nitrogen and oxygen atoms in total. The van der Waals surface area contributed by atoms with Crippen molar-refractivity contribution in [3.8, 4) is 0 Å². The van der Waals surface area contributed by atoms with Gasteiger partial charge < -0.3 is 5.32 Å². The van der Waals surface area contributed by atoms with Gasteiger partial charge in [0.05, 0.1) is 0 Å². The van der Waals surface area contributed by atoms with Gasteiger partial charge in [-0.1, -0.05) is 44.0 Å². The van der Waals surface area contributed by atoms with Gasteiger partial charge in [0.15, 0.2) is 0 Å². The molecule has 1 aromatic carbocycles. The number of hydrogen-bond donors (Lipinski definition) is 1. The Morgan fingerprint density at radius 3 is 2.53 bits per heavy atom. The third-order valence-corrected chi connectivity index (χ3v) is 4.15. The Balaban J connectivity index is 1.71. The van der Waals surface area contributed by atoms with E-state index in [0.717, 1.165) is 18.4 Å². The summed E-state index contributed by atoms with van der Waals surface area (Å²) in [6, 6.07) is 8.66. The van der Waals surface area contributed by atoms with Crippen LogP contribution in [0, 0.1) is 18.8 Å². The van der Waals surface area contributed by atoms with E-state index in [1.807, 2.05) is 0 Å². The van der Waals surface area contributed by atoms with Gasteiger partial charge in [0.1, 0.15) is 0 Å². The molecule has 0 aliphatic heterocycles. The molecule has 0 saturated heterocycles.